The van der Waals surface area contributed by atoms with E-state index < -0.39 is 17.6 Å². The second-order valence-electron chi connectivity index (χ2n) is 5.31. The molecule has 0 saturated carbocycles. The lowest BCUT2D eigenvalue weighted by atomic mass is 10.2. The Labute approximate surface area is 152 Å². The van der Waals surface area contributed by atoms with Crippen molar-refractivity contribution in [1.29, 1.82) is 5.26 Å². The first-order chi connectivity index (χ1) is 12.2. The molecule has 0 fully saturated rings. The van der Waals surface area contributed by atoms with Gasteiger partial charge in [0, 0.05) is 22.6 Å². The first-order valence-electron chi connectivity index (χ1n) is 7.32. The lowest BCUT2D eigenvalue weighted by Gasteiger charge is -2.10. The van der Waals surface area contributed by atoms with Crippen LogP contribution >= 0.6 is 11.6 Å². The van der Waals surface area contributed by atoms with Gasteiger partial charge in [0.2, 0.25) is 0 Å². The number of hydrogen-bond donors (Lipinski definition) is 2. The Morgan fingerprint density at radius 1 is 1.23 bits per heavy atom. The molecule has 0 unspecified atom stereocenters. The second-order valence-corrected chi connectivity index (χ2v) is 5.74. The zero-order chi connectivity index (χ0) is 19.3. The van der Waals surface area contributed by atoms with Gasteiger partial charge in [-0.05, 0) is 42.8 Å². The van der Waals surface area contributed by atoms with Gasteiger partial charge in [0.15, 0.2) is 0 Å². The van der Waals surface area contributed by atoms with Gasteiger partial charge in [-0.25, -0.2) is 0 Å². The van der Waals surface area contributed by atoms with Crippen molar-refractivity contribution in [1.82, 2.24) is 0 Å². The fraction of sp³-hybridized carbons (Fsp3) is 0.111. The fourth-order valence-corrected chi connectivity index (χ4v) is 2.18. The van der Waals surface area contributed by atoms with E-state index in [1.807, 2.05) is 0 Å². The van der Waals surface area contributed by atoms with Crippen LogP contribution < -0.4 is 10.6 Å². The zero-order valence-electron chi connectivity index (χ0n) is 13.5. The monoisotopic (exact) mass is 379 g/mol. The third-order valence-corrected chi connectivity index (χ3v) is 3.62. The number of nitrogens with one attached hydrogen (secondary N) is 2. The summed E-state index contributed by atoms with van der Waals surface area (Å²) in [5.41, 5.74) is 0.128. The Morgan fingerprint density at radius 3 is 2.62 bits per heavy atom. The molecule has 2 rings (SSSR count). The minimum absolute atomic E-state index is 0.0966. The number of anilines is 2. The average molecular weight is 380 g/mol. The predicted molar refractivity (Wildman–Crippen MR) is 93.6 cm³/mol. The average Bonchev–Trinajstić information content (AvgIpc) is 2.58. The quantitative estimate of drug-likeness (QED) is 0.572. The molecule has 0 bridgehead atoms. The highest BCUT2D eigenvalue weighted by Gasteiger charge is 2.30. The van der Waals surface area contributed by atoms with E-state index in [0.717, 1.165) is 23.9 Å². The largest absolute Gasteiger partial charge is 0.416 e. The van der Waals surface area contributed by atoms with E-state index in [2.05, 4.69) is 10.6 Å². The summed E-state index contributed by atoms with van der Waals surface area (Å²) in [5.74, 6) is -0.711. The highest BCUT2D eigenvalue weighted by atomic mass is 35.5. The van der Waals surface area contributed by atoms with Crippen molar-refractivity contribution in [3.8, 4) is 6.07 Å². The molecule has 8 heteroatoms. The lowest BCUT2D eigenvalue weighted by Crippen LogP contribution is -2.15. The normalized spacial score (nSPS) is 11.6. The number of nitrogens with zero attached hydrogens (tertiary/aromatic N) is 1. The Kier molecular flexibility index (Phi) is 5.90. The molecular weight excluding hydrogens is 367 g/mol. The van der Waals surface area contributed by atoms with E-state index in [1.54, 1.807) is 25.1 Å². The SMILES string of the molecule is Cc1ccc(Cl)cc1NC(=O)/C(C#N)=C\Nc1cccc(C(F)(F)F)c1. The number of carbonyl (C=O) groups is 1. The molecule has 0 heterocycles. The molecule has 0 spiro atoms. The molecule has 0 saturated heterocycles. The van der Waals surface area contributed by atoms with Crippen LogP contribution in [0.4, 0.5) is 24.5 Å². The Balaban J connectivity index is 2.16. The summed E-state index contributed by atoms with van der Waals surface area (Å²) in [6.07, 6.45) is -3.44. The van der Waals surface area contributed by atoms with Crippen molar-refractivity contribution in [3.63, 3.8) is 0 Å². The number of aryl methyl sites for hydroxylation is 1. The Bertz CT molecular complexity index is 901. The van der Waals surface area contributed by atoms with Gasteiger partial charge < -0.3 is 10.6 Å². The number of rotatable bonds is 4. The highest BCUT2D eigenvalue weighted by molar-refractivity contribution is 6.31. The summed E-state index contributed by atoms with van der Waals surface area (Å²) >= 11 is 5.87. The number of benzene rings is 2. The summed E-state index contributed by atoms with van der Waals surface area (Å²) in [7, 11) is 0. The summed E-state index contributed by atoms with van der Waals surface area (Å²) in [6.45, 7) is 1.75. The number of halogens is 4. The second kappa shape index (κ2) is 7.93. The van der Waals surface area contributed by atoms with Crippen LogP contribution in [-0.4, -0.2) is 5.91 Å². The molecule has 134 valence electrons. The number of alkyl halides is 3. The molecule has 2 N–H and O–H groups in total. The van der Waals surface area contributed by atoms with Crippen LogP contribution in [0, 0.1) is 18.3 Å². The van der Waals surface area contributed by atoms with Gasteiger partial charge >= 0.3 is 6.18 Å². The van der Waals surface area contributed by atoms with Crippen LogP contribution in [0.3, 0.4) is 0 Å². The number of amides is 1. The summed E-state index contributed by atoms with van der Waals surface area (Å²) in [6, 6.07) is 11.0. The van der Waals surface area contributed by atoms with E-state index in [9.17, 15) is 18.0 Å². The molecule has 4 nitrogen and oxygen atoms in total. The summed E-state index contributed by atoms with van der Waals surface area (Å²) < 4.78 is 38.1. The first kappa shape index (κ1) is 19.3. The van der Waals surface area contributed by atoms with Gasteiger partial charge in [0.25, 0.3) is 5.91 Å². The van der Waals surface area contributed by atoms with Crippen LogP contribution in [0.2, 0.25) is 5.02 Å². The third-order valence-electron chi connectivity index (χ3n) is 3.39. The molecule has 0 aromatic heterocycles. The third kappa shape index (κ3) is 5.01. The zero-order valence-corrected chi connectivity index (χ0v) is 14.2. The number of hydrogen-bond acceptors (Lipinski definition) is 3. The van der Waals surface area contributed by atoms with Crippen LogP contribution in [0.1, 0.15) is 11.1 Å². The molecule has 1 amide bonds. The molecule has 0 radical (unpaired) electrons. The van der Waals surface area contributed by atoms with E-state index >= 15 is 0 Å². The number of nitriles is 1. The van der Waals surface area contributed by atoms with Gasteiger partial charge in [-0.15, -0.1) is 0 Å². The van der Waals surface area contributed by atoms with E-state index in [0.29, 0.717) is 10.7 Å². The molecule has 2 aromatic carbocycles. The first-order valence-corrected chi connectivity index (χ1v) is 7.70. The van der Waals surface area contributed by atoms with E-state index in [-0.39, 0.29) is 11.3 Å². The fourth-order valence-electron chi connectivity index (χ4n) is 2.01. The van der Waals surface area contributed by atoms with Crippen molar-refractivity contribution in [2.75, 3.05) is 10.6 Å². The molecule has 0 aliphatic heterocycles. The maximum Gasteiger partial charge on any atom is 0.416 e. The Morgan fingerprint density at radius 2 is 1.96 bits per heavy atom. The van der Waals surface area contributed by atoms with Crippen LogP contribution in [0.25, 0.3) is 0 Å². The summed E-state index contributed by atoms with van der Waals surface area (Å²) in [5, 5.41) is 14.6. The molecule has 0 aliphatic rings. The lowest BCUT2D eigenvalue weighted by molar-refractivity contribution is -0.137. The van der Waals surface area contributed by atoms with Crippen molar-refractivity contribution >= 4 is 28.9 Å². The Hall–Kier alpha value is -2.98. The van der Waals surface area contributed by atoms with Crippen molar-refractivity contribution in [3.05, 3.63) is 70.4 Å². The van der Waals surface area contributed by atoms with Gasteiger partial charge in [-0.3, -0.25) is 4.79 Å². The predicted octanol–water partition coefficient (Wildman–Crippen LogP) is 5.13. The minimum Gasteiger partial charge on any atom is -0.360 e. The van der Waals surface area contributed by atoms with Crippen molar-refractivity contribution in [2.24, 2.45) is 0 Å². The van der Waals surface area contributed by atoms with Crippen LogP contribution in [0.15, 0.2) is 54.2 Å². The van der Waals surface area contributed by atoms with Gasteiger partial charge in [0.05, 0.1) is 5.56 Å². The van der Waals surface area contributed by atoms with Gasteiger partial charge in [-0.2, -0.15) is 18.4 Å². The smallest absolute Gasteiger partial charge is 0.360 e. The standard InChI is InChI=1S/C18H13ClF3N3O/c1-11-5-6-14(19)8-16(11)25-17(26)12(9-23)10-24-15-4-2-3-13(7-15)18(20,21)22/h2-8,10,24H,1H3,(H,25,26)/b12-10-. The molecule has 0 aliphatic carbocycles. The van der Waals surface area contributed by atoms with Crippen molar-refractivity contribution < 1.29 is 18.0 Å². The van der Waals surface area contributed by atoms with Gasteiger partial charge in [-0.1, -0.05) is 23.7 Å². The molecule has 26 heavy (non-hydrogen) atoms. The molecular formula is C18H13ClF3N3O. The minimum atomic E-state index is -4.49. The maximum absolute atomic E-state index is 12.7. The van der Waals surface area contributed by atoms with E-state index in [4.69, 9.17) is 16.9 Å². The van der Waals surface area contributed by atoms with Crippen LogP contribution in [-0.2, 0) is 11.0 Å². The van der Waals surface area contributed by atoms with E-state index in [1.165, 1.54) is 18.2 Å². The van der Waals surface area contributed by atoms with Crippen molar-refractivity contribution in [2.45, 2.75) is 13.1 Å². The summed E-state index contributed by atoms with van der Waals surface area (Å²) in [4.78, 5) is 12.2. The highest BCUT2D eigenvalue weighted by Crippen LogP contribution is 2.30. The molecule has 0 atom stereocenters. The van der Waals surface area contributed by atoms with Crippen LogP contribution in [0.5, 0.6) is 0 Å². The maximum atomic E-state index is 12.7. The van der Waals surface area contributed by atoms with Gasteiger partial charge in [0.1, 0.15) is 11.6 Å². The number of carbonyl (C=O) groups excluding carboxylic acids is 1. The topological polar surface area (TPSA) is 64.9 Å². The molecule has 2 aromatic rings.